The fourth-order valence-electron chi connectivity index (χ4n) is 6.01. The SMILES string of the molecule is COCC[C@]1(O)Cc2c(O)c3c(c(O)c2[C@@H](O[C@H]2C[C@@H](N)[C@H](O)C(C)O2)C1)C(=O)c1c(CO)cccc1C3=O. The monoisotopic (exact) mass is 543 g/mol. The van der Waals surface area contributed by atoms with Gasteiger partial charge in [0.1, 0.15) is 11.5 Å². The van der Waals surface area contributed by atoms with Crippen LogP contribution in [0.3, 0.4) is 0 Å². The van der Waals surface area contributed by atoms with Crippen LogP contribution in [0, 0.1) is 0 Å². The van der Waals surface area contributed by atoms with Crippen molar-refractivity contribution in [1.29, 1.82) is 0 Å². The van der Waals surface area contributed by atoms with Crippen molar-refractivity contribution in [2.24, 2.45) is 5.73 Å². The number of hydrogen-bond acceptors (Lipinski definition) is 11. The molecule has 0 radical (unpaired) electrons. The molecule has 39 heavy (non-hydrogen) atoms. The molecule has 2 aromatic rings. The minimum atomic E-state index is -1.45. The van der Waals surface area contributed by atoms with E-state index in [0.717, 1.165) is 0 Å². The number of phenolic OH excluding ortho intramolecular Hbond substituents is 2. The molecule has 2 aromatic carbocycles. The largest absolute Gasteiger partial charge is 0.507 e. The number of carbonyl (C=O) groups is 2. The zero-order valence-electron chi connectivity index (χ0n) is 21.7. The Bertz CT molecular complexity index is 1310. The summed E-state index contributed by atoms with van der Waals surface area (Å²) in [4.78, 5) is 27.2. The minimum absolute atomic E-state index is 0.00379. The Balaban J connectivity index is 1.65. The van der Waals surface area contributed by atoms with Crippen molar-refractivity contribution in [2.45, 2.75) is 75.5 Å². The first-order valence-electron chi connectivity index (χ1n) is 12.9. The number of aliphatic hydroxyl groups is 3. The first-order valence-corrected chi connectivity index (χ1v) is 12.9. The molecule has 0 aromatic heterocycles. The van der Waals surface area contributed by atoms with Gasteiger partial charge >= 0.3 is 0 Å². The zero-order valence-corrected chi connectivity index (χ0v) is 21.7. The van der Waals surface area contributed by atoms with Gasteiger partial charge in [0.15, 0.2) is 17.9 Å². The van der Waals surface area contributed by atoms with Crippen LogP contribution in [-0.2, 0) is 27.2 Å². The highest BCUT2D eigenvalue weighted by Gasteiger charge is 2.47. The summed E-state index contributed by atoms with van der Waals surface area (Å²) in [5.74, 6) is -2.46. The van der Waals surface area contributed by atoms with Crippen LogP contribution in [0.2, 0.25) is 0 Å². The van der Waals surface area contributed by atoms with E-state index in [9.17, 15) is 35.1 Å². The predicted octanol–water partition coefficient (Wildman–Crippen LogP) is 0.960. The number of fused-ring (bicyclic) bond motifs is 3. The Hall–Kier alpha value is -2.90. The second-order valence-electron chi connectivity index (χ2n) is 10.6. The molecule has 11 nitrogen and oxygen atoms in total. The molecule has 210 valence electrons. The summed E-state index contributed by atoms with van der Waals surface area (Å²) in [6.07, 6.45) is -3.43. The second-order valence-corrected chi connectivity index (χ2v) is 10.6. The molecular weight excluding hydrogens is 510 g/mol. The maximum absolute atomic E-state index is 13.7. The standard InChI is InChI=1S/C28H33NO10/c1-12-23(31)16(29)8-18(38-12)39-17-10-28(36,6-7-37-2)9-15-20(17)27(35)22-21(25(15)33)24(32)14-5-3-4-13(11-30)19(14)26(22)34/h3-5,12,16-18,23,30-31,33,35-36H,6-11,29H2,1-2H3/t12?,16-,17+,18+,23-,28+/m1/s1. The number of ether oxygens (including phenoxy) is 3. The molecule has 3 aliphatic rings. The number of methoxy groups -OCH3 is 1. The number of rotatable bonds is 6. The lowest BCUT2D eigenvalue weighted by atomic mass is 9.72. The molecule has 11 heteroatoms. The Labute approximate surface area is 224 Å². The minimum Gasteiger partial charge on any atom is -0.507 e. The molecule has 1 aliphatic heterocycles. The second kappa shape index (κ2) is 10.3. The molecule has 6 atom stereocenters. The van der Waals surface area contributed by atoms with Crippen molar-refractivity contribution in [3.63, 3.8) is 0 Å². The molecule has 2 aliphatic carbocycles. The van der Waals surface area contributed by atoms with Gasteiger partial charge in [0.05, 0.1) is 41.6 Å². The van der Waals surface area contributed by atoms with Crippen LogP contribution in [0.15, 0.2) is 18.2 Å². The smallest absolute Gasteiger partial charge is 0.198 e. The fraction of sp³-hybridized carbons (Fsp3) is 0.500. The van der Waals surface area contributed by atoms with E-state index in [1.165, 1.54) is 25.3 Å². The Morgan fingerprint density at radius 1 is 1.13 bits per heavy atom. The molecular formula is C28H33NO10. The number of carbonyl (C=O) groups excluding carboxylic acids is 2. The summed E-state index contributed by atoms with van der Waals surface area (Å²) in [5, 5.41) is 54.5. The van der Waals surface area contributed by atoms with Crippen molar-refractivity contribution < 1.29 is 49.3 Å². The maximum Gasteiger partial charge on any atom is 0.198 e. The van der Waals surface area contributed by atoms with Gasteiger partial charge < -0.3 is 45.5 Å². The van der Waals surface area contributed by atoms with Gasteiger partial charge in [-0.15, -0.1) is 0 Å². The number of benzene rings is 2. The lowest BCUT2D eigenvalue weighted by Gasteiger charge is -2.43. The van der Waals surface area contributed by atoms with E-state index in [4.69, 9.17) is 19.9 Å². The quantitative estimate of drug-likeness (QED) is 0.243. The fourth-order valence-corrected chi connectivity index (χ4v) is 6.01. The van der Waals surface area contributed by atoms with E-state index in [1.54, 1.807) is 6.92 Å². The number of ketones is 2. The zero-order chi connectivity index (χ0) is 28.2. The summed E-state index contributed by atoms with van der Waals surface area (Å²) in [6.45, 7) is 1.33. The van der Waals surface area contributed by atoms with Gasteiger partial charge in [-0.05, 0) is 18.9 Å². The first-order chi connectivity index (χ1) is 18.5. The highest BCUT2D eigenvalue weighted by Crippen LogP contribution is 2.52. The molecule has 7 N–H and O–H groups in total. The van der Waals surface area contributed by atoms with E-state index in [1.807, 2.05) is 0 Å². The van der Waals surface area contributed by atoms with E-state index in [0.29, 0.717) is 0 Å². The summed E-state index contributed by atoms with van der Waals surface area (Å²) in [5.41, 5.74) is 4.19. The number of hydrogen-bond donors (Lipinski definition) is 6. The van der Waals surface area contributed by atoms with E-state index < -0.39 is 65.9 Å². The molecule has 5 rings (SSSR count). The normalized spacial score (nSPS) is 30.1. The molecule has 0 bridgehead atoms. The van der Waals surface area contributed by atoms with Crippen molar-refractivity contribution in [1.82, 2.24) is 0 Å². The van der Waals surface area contributed by atoms with Crippen molar-refractivity contribution in [3.8, 4) is 11.5 Å². The highest BCUT2D eigenvalue weighted by atomic mass is 16.7. The lowest BCUT2D eigenvalue weighted by molar-refractivity contribution is -0.248. The van der Waals surface area contributed by atoms with Gasteiger partial charge in [0.25, 0.3) is 0 Å². The summed E-state index contributed by atoms with van der Waals surface area (Å²) in [6, 6.07) is 3.81. The third-order valence-electron chi connectivity index (χ3n) is 8.07. The van der Waals surface area contributed by atoms with Crippen LogP contribution in [0.5, 0.6) is 11.5 Å². The molecule has 1 fully saturated rings. The van der Waals surface area contributed by atoms with Crippen LogP contribution < -0.4 is 5.73 Å². The van der Waals surface area contributed by atoms with Gasteiger partial charge in [-0.3, -0.25) is 9.59 Å². The highest BCUT2D eigenvalue weighted by molar-refractivity contribution is 6.31. The maximum atomic E-state index is 13.7. The Morgan fingerprint density at radius 2 is 1.85 bits per heavy atom. The van der Waals surface area contributed by atoms with Crippen LogP contribution >= 0.6 is 0 Å². The number of phenols is 2. The number of aromatic hydroxyl groups is 2. The van der Waals surface area contributed by atoms with Crippen molar-refractivity contribution >= 4 is 11.6 Å². The van der Waals surface area contributed by atoms with Crippen molar-refractivity contribution in [3.05, 3.63) is 57.1 Å². The third kappa shape index (κ3) is 4.53. The predicted molar refractivity (Wildman–Crippen MR) is 136 cm³/mol. The summed E-state index contributed by atoms with van der Waals surface area (Å²) >= 11 is 0. The lowest BCUT2D eigenvalue weighted by Crippen LogP contribution is -2.52. The van der Waals surface area contributed by atoms with Gasteiger partial charge in [-0.25, -0.2) is 0 Å². The Morgan fingerprint density at radius 3 is 2.51 bits per heavy atom. The van der Waals surface area contributed by atoms with Crippen LogP contribution in [0.1, 0.15) is 80.8 Å². The van der Waals surface area contributed by atoms with E-state index >= 15 is 0 Å². The van der Waals surface area contributed by atoms with E-state index in [2.05, 4.69) is 0 Å². The Kier molecular flexibility index (Phi) is 7.27. The van der Waals surface area contributed by atoms with E-state index in [-0.39, 0.29) is 71.2 Å². The first kappa shape index (κ1) is 27.7. The van der Waals surface area contributed by atoms with Crippen LogP contribution in [-0.4, -0.2) is 81.0 Å². The third-order valence-corrected chi connectivity index (χ3v) is 8.07. The van der Waals surface area contributed by atoms with Gasteiger partial charge in [-0.1, -0.05) is 18.2 Å². The average molecular weight is 544 g/mol. The van der Waals surface area contributed by atoms with Gasteiger partial charge in [-0.2, -0.15) is 0 Å². The van der Waals surface area contributed by atoms with Crippen LogP contribution in [0.25, 0.3) is 0 Å². The molecule has 1 saturated heterocycles. The molecule has 0 spiro atoms. The topological polar surface area (TPSA) is 189 Å². The number of nitrogens with two attached hydrogens (primary N) is 1. The van der Waals surface area contributed by atoms with Crippen molar-refractivity contribution in [2.75, 3.05) is 13.7 Å². The summed E-state index contributed by atoms with van der Waals surface area (Å²) < 4.78 is 17.1. The van der Waals surface area contributed by atoms with Gasteiger partial charge in [0, 0.05) is 61.3 Å². The summed E-state index contributed by atoms with van der Waals surface area (Å²) in [7, 11) is 1.49. The van der Waals surface area contributed by atoms with Crippen LogP contribution in [0.4, 0.5) is 0 Å². The number of aliphatic hydroxyl groups excluding tert-OH is 2. The molecule has 1 heterocycles. The average Bonchev–Trinajstić information content (AvgIpc) is 2.90. The molecule has 0 saturated carbocycles. The van der Waals surface area contributed by atoms with Gasteiger partial charge in [0.2, 0.25) is 0 Å². The molecule has 0 amide bonds. The molecule has 1 unspecified atom stereocenters.